The summed E-state index contributed by atoms with van der Waals surface area (Å²) in [6.45, 7) is 2.82. The van der Waals surface area contributed by atoms with Gasteiger partial charge in [-0.3, -0.25) is 19.1 Å². The van der Waals surface area contributed by atoms with Gasteiger partial charge in [0.15, 0.2) is 12.3 Å². The van der Waals surface area contributed by atoms with Crippen LogP contribution in [-0.2, 0) is 16.1 Å². The number of esters is 1. The average Bonchev–Trinajstić information content (AvgIpc) is 3.19. The number of benzene rings is 1. The Kier molecular flexibility index (Phi) is 6.39. The molecule has 0 aliphatic rings. The van der Waals surface area contributed by atoms with E-state index >= 15 is 0 Å². The molecule has 0 atom stereocenters. The van der Waals surface area contributed by atoms with E-state index in [2.05, 4.69) is 4.98 Å². The molecule has 1 aromatic carbocycles. The minimum atomic E-state index is -0.812. The van der Waals surface area contributed by atoms with Gasteiger partial charge in [-0.25, -0.2) is 9.59 Å². The summed E-state index contributed by atoms with van der Waals surface area (Å²) >= 11 is 0. The maximum atomic E-state index is 12.7. The number of carbonyl (C=O) groups is 2. The van der Waals surface area contributed by atoms with E-state index in [4.69, 9.17) is 14.9 Å². The van der Waals surface area contributed by atoms with Crippen LogP contribution < -0.4 is 21.9 Å². The molecule has 31 heavy (non-hydrogen) atoms. The van der Waals surface area contributed by atoms with Gasteiger partial charge in [0.25, 0.3) is 11.5 Å². The van der Waals surface area contributed by atoms with Crippen molar-refractivity contribution >= 4 is 23.4 Å². The number of nitrogens with one attached hydrogen (secondary N) is 1. The third-order valence-electron chi connectivity index (χ3n) is 4.55. The van der Waals surface area contributed by atoms with Crippen molar-refractivity contribution in [2.75, 3.05) is 23.8 Å². The quantitative estimate of drug-likeness (QED) is 0.542. The highest BCUT2D eigenvalue weighted by Crippen LogP contribution is 2.18. The molecule has 10 nitrogen and oxygen atoms in total. The maximum absolute atomic E-state index is 12.7. The van der Waals surface area contributed by atoms with E-state index in [0.717, 1.165) is 10.5 Å². The highest BCUT2D eigenvalue weighted by atomic mass is 16.5. The van der Waals surface area contributed by atoms with Gasteiger partial charge in [-0.05, 0) is 31.5 Å². The lowest BCUT2D eigenvalue weighted by molar-refractivity contribution is -0.121. The molecule has 0 aliphatic carbocycles. The number of aryl methyl sites for hydroxylation is 1. The van der Waals surface area contributed by atoms with E-state index < -0.39 is 29.7 Å². The van der Waals surface area contributed by atoms with Gasteiger partial charge < -0.3 is 19.8 Å². The predicted octanol–water partition coefficient (Wildman–Crippen LogP) is 1.28. The number of amides is 1. The number of hydrogen-bond acceptors (Lipinski definition) is 7. The van der Waals surface area contributed by atoms with Crippen molar-refractivity contribution in [2.45, 2.75) is 20.4 Å². The van der Waals surface area contributed by atoms with Crippen LogP contribution in [0.25, 0.3) is 0 Å². The number of hydrogen-bond donors (Lipinski definition) is 2. The predicted molar refractivity (Wildman–Crippen MR) is 113 cm³/mol. The zero-order valence-electron chi connectivity index (χ0n) is 17.1. The summed E-state index contributed by atoms with van der Waals surface area (Å²) in [5.41, 5.74) is 5.21. The monoisotopic (exact) mass is 426 g/mol. The Morgan fingerprint density at radius 1 is 1.16 bits per heavy atom. The van der Waals surface area contributed by atoms with Crippen LogP contribution in [0.4, 0.5) is 11.5 Å². The zero-order chi connectivity index (χ0) is 22.5. The largest absolute Gasteiger partial charge is 0.454 e. The number of nitrogens with zero attached hydrogens (tertiary/aromatic N) is 2. The summed E-state index contributed by atoms with van der Waals surface area (Å²) in [6.07, 6.45) is 0. The molecule has 3 aromatic rings. The lowest BCUT2D eigenvalue weighted by Crippen LogP contribution is -2.42. The van der Waals surface area contributed by atoms with E-state index in [-0.39, 0.29) is 30.4 Å². The molecular weight excluding hydrogens is 404 g/mol. The van der Waals surface area contributed by atoms with Crippen LogP contribution in [0.1, 0.15) is 28.8 Å². The van der Waals surface area contributed by atoms with Gasteiger partial charge in [-0.1, -0.05) is 30.3 Å². The summed E-state index contributed by atoms with van der Waals surface area (Å²) in [6, 6.07) is 12.1. The van der Waals surface area contributed by atoms with E-state index in [9.17, 15) is 19.2 Å². The van der Waals surface area contributed by atoms with Crippen LogP contribution in [0.3, 0.4) is 0 Å². The van der Waals surface area contributed by atoms with E-state index in [1.54, 1.807) is 44.2 Å². The summed E-state index contributed by atoms with van der Waals surface area (Å²) < 4.78 is 11.3. The summed E-state index contributed by atoms with van der Waals surface area (Å²) in [5.74, 6) is -1.17. The molecule has 0 saturated carbocycles. The first-order chi connectivity index (χ1) is 14.8. The number of carbonyl (C=O) groups excluding carboxylic acids is 2. The molecule has 2 aromatic heterocycles. The van der Waals surface area contributed by atoms with Crippen molar-refractivity contribution < 1.29 is 18.7 Å². The molecule has 2 heterocycles. The third kappa shape index (κ3) is 4.74. The second-order valence-electron chi connectivity index (χ2n) is 6.69. The fourth-order valence-corrected chi connectivity index (χ4v) is 3.04. The molecule has 0 spiro atoms. The standard InChI is InChI=1S/C21H22N4O6/c1-3-24(16(26)12-30-20(28)15-10-9-13(2)31-15)17-18(22)25(21(29)23-19(17)27)11-14-7-5-4-6-8-14/h4-10H,3,11-12,22H2,1-2H3,(H,23,27,29). The van der Waals surface area contributed by atoms with E-state index in [0.29, 0.717) is 5.76 Å². The number of anilines is 2. The molecule has 0 radical (unpaired) electrons. The number of H-pyrrole nitrogens is 1. The van der Waals surface area contributed by atoms with E-state index in [1.165, 1.54) is 10.6 Å². The van der Waals surface area contributed by atoms with Crippen molar-refractivity contribution in [3.05, 3.63) is 80.4 Å². The molecule has 0 fully saturated rings. The Morgan fingerprint density at radius 3 is 2.48 bits per heavy atom. The summed E-state index contributed by atoms with van der Waals surface area (Å²) in [7, 11) is 0. The van der Waals surface area contributed by atoms with Crippen molar-refractivity contribution in [1.82, 2.24) is 9.55 Å². The molecule has 10 heteroatoms. The molecule has 0 saturated heterocycles. The van der Waals surface area contributed by atoms with Gasteiger partial charge >= 0.3 is 11.7 Å². The molecular formula is C21H22N4O6. The number of aromatic nitrogens is 2. The number of rotatable bonds is 7. The van der Waals surface area contributed by atoms with Gasteiger partial charge in [0.1, 0.15) is 11.6 Å². The Bertz CT molecular complexity index is 1210. The molecule has 3 N–H and O–H groups in total. The first-order valence-electron chi connectivity index (χ1n) is 9.52. The fraction of sp³-hybridized carbons (Fsp3) is 0.238. The van der Waals surface area contributed by atoms with Crippen molar-refractivity contribution in [3.63, 3.8) is 0 Å². The first kappa shape index (κ1) is 21.6. The maximum Gasteiger partial charge on any atom is 0.374 e. The highest BCUT2D eigenvalue weighted by molar-refractivity contribution is 5.98. The Morgan fingerprint density at radius 2 is 1.87 bits per heavy atom. The number of likely N-dealkylation sites (N-methyl/N-ethyl adjacent to an activating group) is 1. The Labute approximate surface area is 176 Å². The van der Waals surface area contributed by atoms with Crippen LogP contribution in [-0.4, -0.2) is 34.6 Å². The van der Waals surface area contributed by atoms with Crippen LogP contribution >= 0.6 is 0 Å². The molecule has 162 valence electrons. The van der Waals surface area contributed by atoms with Gasteiger partial charge in [0.2, 0.25) is 5.76 Å². The Hall–Kier alpha value is -4.08. The third-order valence-corrected chi connectivity index (χ3v) is 4.55. The molecule has 3 rings (SSSR count). The number of nitrogen functional groups attached to an aromatic ring is 1. The van der Waals surface area contributed by atoms with Crippen LogP contribution in [0, 0.1) is 6.92 Å². The zero-order valence-corrected chi connectivity index (χ0v) is 17.1. The van der Waals surface area contributed by atoms with Crippen molar-refractivity contribution in [1.29, 1.82) is 0 Å². The minimum absolute atomic E-state index is 0.0397. The molecule has 1 amide bonds. The number of nitrogens with two attached hydrogens (primary N) is 1. The number of ether oxygens (including phenoxy) is 1. The molecule has 0 unspecified atom stereocenters. The van der Waals surface area contributed by atoms with Gasteiger partial charge in [0.05, 0.1) is 6.54 Å². The fourth-order valence-electron chi connectivity index (χ4n) is 3.04. The SMILES string of the molecule is CCN(C(=O)COC(=O)c1ccc(C)o1)c1c(N)n(Cc2ccccc2)c(=O)[nH]c1=O. The van der Waals surface area contributed by atoms with Crippen LogP contribution in [0.2, 0.25) is 0 Å². The summed E-state index contributed by atoms with van der Waals surface area (Å²) in [5, 5.41) is 0. The molecule has 0 bridgehead atoms. The summed E-state index contributed by atoms with van der Waals surface area (Å²) in [4.78, 5) is 52.8. The normalized spacial score (nSPS) is 10.6. The number of furan rings is 1. The number of aromatic amines is 1. The van der Waals surface area contributed by atoms with Crippen molar-refractivity contribution in [2.24, 2.45) is 0 Å². The lowest BCUT2D eigenvalue weighted by atomic mass is 10.2. The minimum Gasteiger partial charge on any atom is -0.454 e. The topological polar surface area (TPSA) is 141 Å². The van der Waals surface area contributed by atoms with Crippen LogP contribution in [0.15, 0.2) is 56.5 Å². The van der Waals surface area contributed by atoms with E-state index in [1.807, 2.05) is 6.07 Å². The van der Waals surface area contributed by atoms with Crippen molar-refractivity contribution in [3.8, 4) is 0 Å². The van der Waals surface area contributed by atoms with Crippen LogP contribution in [0.5, 0.6) is 0 Å². The smallest absolute Gasteiger partial charge is 0.374 e. The Balaban J connectivity index is 1.85. The van der Waals surface area contributed by atoms with Gasteiger partial charge in [0, 0.05) is 6.54 Å². The first-order valence-corrected chi connectivity index (χ1v) is 9.52. The average molecular weight is 426 g/mol. The highest BCUT2D eigenvalue weighted by Gasteiger charge is 2.24. The van der Waals surface area contributed by atoms with Gasteiger partial charge in [-0.2, -0.15) is 0 Å². The van der Waals surface area contributed by atoms with Gasteiger partial charge in [-0.15, -0.1) is 0 Å². The lowest BCUT2D eigenvalue weighted by Gasteiger charge is -2.23. The second kappa shape index (κ2) is 9.16. The second-order valence-corrected chi connectivity index (χ2v) is 6.69. The molecule has 0 aliphatic heterocycles.